The second kappa shape index (κ2) is 5.56. The molecule has 1 aliphatic carbocycles. The number of methoxy groups -OCH3 is 1. The molecule has 8 heteroatoms. The number of hydrogen-bond donors (Lipinski definition) is 0. The van der Waals surface area contributed by atoms with Gasteiger partial charge in [0.25, 0.3) is 0 Å². The molecule has 1 saturated carbocycles. The smallest absolute Gasteiger partial charge is 0.418 e. The molecule has 0 amide bonds. The van der Waals surface area contributed by atoms with Gasteiger partial charge in [0.2, 0.25) is 0 Å². The lowest BCUT2D eigenvalue weighted by molar-refractivity contribution is -0.137. The van der Waals surface area contributed by atoms with Crippen molar-refractivity contribution < 1.29 is 22.7 Å². The van der Waals surface area contributed by atoms with Gasteiger partial charge in [-0.2, -0.15) is 18.3 Å². The van der Waals surface area contributed by atoms with Gasteiger partial charge in [0, 0.05) is 10.9 Å². The van der Waals surface area contributed by atoms with Crippen LogP contribution in [0, 0.1) is 0 Å². The minimum absolute atomic E-state index is 0.00311. The van der Waals surface area contributed by atoms with Gasteiger partial charge in [-0.1, -0.05) is 11.6 Å². The molecule has 4 nitrogen and oxygen atoms in total. The van der Waals surface area contributed by atoms with Crippen LogP contribution < -0.4 is 0 Å². The molecule has 1 fully saturated rings. The van der Waals surface area contributed by atoms with Gasteiger partial charge in [-0.25, -0.2) is 9.48 Å². The summed E-state index contributed by atoms with van der Waals surface area (Å²) in [5, 5.41) is 3.97. The number of ether oxygens (including phenoxy) is 1. The maximum Gasteiger partial charge on any atom is 0.418 e. The van der Waals surface area contributed by atoms with Crippen molar-refractivity contribution in [3.8, 4) is 5.69 Å². The highest BCUT2D eigenvalue weighted by Crippen LogP contribution is 2.44. The summed E-state index contributed by atoms with van der Waals surface area (Å²) in [6.45, 7) is 0. The minimum atomic E-state index is -4.58. The number of halogens is 4. The van der Waals surface area contributed by atoms with E-state index < -0.39 is 17.7 Å². The Kier molecular flexibility index (Phi) is 3.83. The quantitative estimate of drug-likeness (QED) is 0.783. The highest BCUT2D eigenvalue weighted by Gasteiger charge is 2.38. The van der Waals surface area contributed by atoms with Gasteiger partial charge >= 0.3 is 12.1 Å². The summed E-state index contributed by atoms with van der Waals surface area (Å²) in [6.07, 6.45) is -1.75. The molecule has 1 aromatic heterocycles. The van der Waals surface area contributed by atoms with Crippen LogP contribution in [0.1, 0.15) is 40.4 Å². The van der Waals surface area contributed by atoms with Crippen molar-refractivity contribution in [2.75, 3.05) is 7.11 Å². The van der Waals surface area contributed by atoms with E-state index in [0.29, 0.717) is 5.69 Å². The van der Waals surface area contributed by atoms with Crippen LogP contribution in [-0.2, 0) is 10.9 Å². The first kappa shape index (κ1) is 15.9. The number of benzene rings is 1. The van der Waals surface area contributed by atoms with Crippen LogP contribution in [0.15, 0.2) is 24.4 Å². The monoisotopic (exact) mass is 344 g/mol. The van der Waals surface area contributed by atoms with Gasteiger partial charge in [0.1, 0.15) is 5.56 Å². The van der Waals surface area contributed by atoms with Crippen molar-refractivity contribution in [3.05, 3.63) is 46.2 Å². The summed E-state index contributed by atoms with van der Waals surface area (Å²) in [4.78, 5) is 11.8. The summed E-state index contributed by atoms with van der Waals surface area (Å²) in [6, 6.07) is 3.47. The summed E-state index contributed by atoms with van der Waals surface area (Å²) in [5.41, 5.74) is -0.409. The molecule has 0 saturated heterocycles. The number of alkyl halides is 3. The summed E-state index contributed by atoms with van der Waals surface area (Å²) in [7, 11) is 1.22. The minimum Gasteiger partial charge on any atom is -0.465 e. The average molecular weight is 345 g/mol. The van der Waals surface area contributed by atoms with E-state index >= 15 is 0 Å². The van der Waals surface area contributed by atoms with E-state index in [1.807, 2.05) is 0 Å². The number of rotatable bonds is 3. The Hall–Kier alpha value is -2.02. The molecule has 0 atom stereocenters. The first-order chi connectivity index (χ1) is 10.8. The Morgan fingerprint density at radius 1 is 1.39 bits per heavy atom. The number of carbonyl (C=O) groups is 1. The summed E-state index contributed by atoms with van der Waals surface area (Å²) in [5.74, 6) is -0.607. The first-order valence-corrected chi connectivity index (χ1v) is 7.24. The zero-order chi connectivity index (χ0) is 16.8. The van der Waals surface area contributed by atoms with Crippen LogP contribution >= 0.6 is 11.6 Å². The molecule has 2 aromatic rings. The first-order valence-electron chi connectivity index (χ1n) is 6.86. The number of carbonyl (C=O) groups excluding carboxylic acids is 1. The van der Waals surface area contributed by atoms with Crippen molar-refractivity contribution in [1.29, 1.82) is 0 Å². The van der Waals surface area contributed by atoms with E-state index in [9.17, 15) is 18.0 Å². The van der Waals surface area contributed by atoms with Gasteiger partial charge in [-0.05, 0) is 31.0 Å². The van der Waals surface area contributed by atoms with E-state index in [4.69, 9.17) is 11.6 Å². The van der Waals surface area contributed by atoms with Crippen molar-refractivity contribution in [3.63, 3.8) is 0 Å². The zero-order valence-electron chi connectivity index (χ0n) is 12.0. The Bertz CT molecular complexity index is 767. The largest absolute Gasteiger partial charge is 0.465 e. The zero-order valence-corrected chi connectivity index (χ0v) is 12.8. The Morgan fingerprint density at radius 3 is 2.65 bits per heavy atom. The molecular weight excluding hydrogens is 333 g/mol. The number of hydrogen-bond acceptors (Lipinski definition) is 3. The second-order valence-corrected chi connectivity index (χ2v) is 5.72. The standard InChI is InChI=1S/C15H12ClF3N2O2/c1-23-14(22)10-7-20-21(13(10)8-2-3-8)12-5-4-9(16)6-11(12)15(17,18)19/h4-8H,2-3H2,1H3. The molecule has 0 bridgehead atoms. The number of esters is 1. The molecule has 0 radical (unpaired) electrons. The van der Waals surface area contributed by atoms with Crippen molar-refractivity contribution >= 4 is 17.6 Å². The lowest BCUT2D eigenvalue weighted by Crippen LogP contribution is -2.14. The number of nitrogens with zero attached hydrogens (tertiary/aromatic N) is 2. The predicted octanol–water partition coefficient (Wildman–Crippen LogP) is 4.21. The second-order valence-electron chi connectivity index (χ2n) is 5.28. The number of aromatic nitrogens is 2. The fraction of sp³-hybridized carbons (Fsp3) is 0.333. The molecular formula is C15H12ClF3N2O2. The normalized spacial score (nSPS) is 14.8. The maximum absolute atomic E-state index is 13.3. The van der Waals surface area contributed by atoms with Crippen LogP contribution in [0.5, 0.6) is 0 Å². The lowest BCUT2D eigenvalue weighted by Gasteiger charge is -2.15. The molecule has 0 aliphatic heterocycles. The highest BCUT2D eigenvalue weighted by molar-refractivity contribution is 6.30. The maximum atomic E-state index is 13.3. The molecule has 3 rings (SSSR count). The van der Waals surface area contributed by atoms with Crippen LogP contribution in [-0.4, -0.2) is 22.9 Å². The summed E-state index contributed by atoms with van der Waals surface area (Å²) >= 11 is 5.70. The Balaban J connectivity index is 2.20. The van der Waals surface area contributed by atoms with E-state index in [1.165, 1.54) is 30.1 Å². The van der Waals surface area contributed by atoms with Crippen LogP contribution in [0.2, 0.25) is 5.02 Å². The topological polar surface area (TPSA) is 44.1 Å². The molecule has 1 heterocycles. The third-order valence-corrected chi connectivity index (χ3v) is 3.90. The van der Waals surface area contributed by atoms with Gasteiger partial charge in [-0.3, -0.25) is 0 Å². The van der Waals surface area contributed by atoms with Gasteiger partial charge in [0.15, 0.2) is 0 Å². The van der Waals surface area contributed by atoms with Crippen molar-refractivity contribution in [1.82, 2.24) is 9.78 Å². The van der Waals surface area contributed by atoms with E-state index in [0.717, 1.165) is 18.9 Å². The molecule has 1 aromatic carbocycles. The molecule has 0 spiro atoms. The van der Waals surface area contributed by atoms with E-state index in [2.05, 4.69) is 9.84 Å². The third kappa shape index (κ3) is 2.93. The predicted molar refractivity (Wildman–Crippen MR) is 76.9 cm³/mol. The van der Waals surface area contributed by atoms with Crippen LogP contribution in [0.4, 0.5) is 13.2 Å². The Morgan fingerprint density at radius 2 is 2.09 bits per heavy atom. The SMILES string of the molecule is COC(=O)c1cnn(-c2ccc(Cl)cc2C(F)(F)F)c1C1CC1. The molecule has 122 valence electrons. The van der Waals surface area contributed by atoms with Crippen molar-refractivity contribution in [2.45, 2.75) is 24.9 Å². The fourth-order valence-corrected chi connectivity index (χ4v) is 2.66. The Labute approximate surface area is 134 Å². The summed E-state index contributed by atoms with van der Waals surface area (Å²) < 4.78 is 45.8. The van der Waals surface area contributed by atoms with E-state index in [-0.39, 0.29) is 22.2 Å². The molecule has 0 unspecified atom stereocenters. The fourth-order valence-electron chi connectivity index (χ4n) is 2.49. The van der Waals surface area contributed by atoms with Crippen molar-refractivity contribution in [2.24, 2.45) is 0 Å². The highest BCUT2D eigenvalue weighted by atomic mass is 35.5. The molecule has 23 heavy (non-hydrogen) atoms. The third-order valence-electron chi connectivity index (χ3n) is 3.67. The van der Waals surface area contributed by atoms with Gasteiger partial charge in [-0.15, -0.1) is 0 Å². The van der Waals surface area contributed by atoms with E-state index in [1.54, 1.807) is 0 Å². The van der Waals surface area contributed by atoms with Crippen LogP contribution in [0.25, 0.3) is 5.69 Å². The molecule has 0 N–H and O–H groups in total. The molecule has 1 aliphatic rings. The lowest BCUT2D eigenvalue weighted by atomic mass is 10.1. The van der Waals surface area contributed by atoms with Gasteiger partial charge < -0.3 is 4.74 Å². The van der Waals surface area contributed by atoms with Gasteiger partial charge in [0.05, 0.1) is 30.3 Å². The average Bonchev–Trinajstić information content (AvgIpc) is 3.24. The van der Waals surface area contributed by atoms with Crippen LogP contribution in [0.3, 0.4) is 0 Å².